The zero-order valence-corrected chi connectivity index (χ0v) is 14.1. The van der Waals surface area contributed by atoms with Gasteiger partial charge in [-0.3, -0.25) is 0 Å². The Hall–Kier alpha value is -1.16. The molecule has 1 aliphatic rings. The molecule has 0 aromatic heterocycles. The van der Waals surface area contributed by atoms with Crippen LogP contribution in [0.1, 0.15) is 44.6 Å². The van der Waals surface area contributed by atoms with Crippen LogP contribution in [0.3, 0.4) is 0 Å². The number of hydrogen-bond acceptors (Lipinski definition) is 2. The van der Waals surface area contributed by atoms with E-state index in [0.29, 0.717) is 12.5 Å². The minimum atomic E-state index is -0.438. The number of hydrogen-bond donors (Lipinski definition) is 0. The molecule has 0 radical (unpaired) electrons. The van der Waals surface area contributed by atoms with Gasteiger partial charge in [-0.15, -0.1) is 0 Å². The molecule has 2 rings (SSSR count). The third-order valence-electron chi connectivity index (χ3n) is 3.88. The number of carbonyl (C=O) groups excluding carboxylic acids is 1. The first-order valence-corrected chi connectivity index (χ1v) is 8.47. The van der Waals surface area contributed by atoms with Gasteiger partial charge in [0.05, 0.1) is 6.61 Å². The Balaban J connectivity index is 2.16. The van der Waals surface area contributed by atoms with Crippen molar-refractivity contribution < 1.29 is 9.53 Å². The van der Waals surface area contributed by atoms with E-state index in [-0.39, 0.29) is 0 Å². The van der Waals surface area contributed by atoms with Crippen LogP contribution in [0.25, 0.3) is 0 Å². The minimum absolute atomic E-state index is 0.343. The van der Waals surface area contributed by atoms with Gasteiger partial charge in [-0.1, -0.05) is 47.0 Å². The van der Waals surface area contributed by atoms with E-state index in [1.54, 1.807) is 0 Å². The molecule has 1 fully saturated rings. The molecule has 1 atom stereocenters. The quantitative estimate of drug-likeness (QED) is 0.704. The van der Waals surface area contributed by atoms with E-state index in [4.69, 9.17) is 4.74 Å². The number of carbonyl (C=O) groups is 1. The summed E-state index contributed by atoms with van der Waals surface area (Å²) in [5.74, 6) is 0.343. The summed E-state index contributed by atoms with van der Waals surface area (Å²) in [7, 11) is 0. The number of benzene rings is 1. The molecule has 0 heterocycles. The second kappa shape index (κ2) is 8.32. The number of aliphatic imine (C=N–C) groups is 1. The van der Waals surface area contributed by atoms with Crippen molar-refractivity contribution >= 4 is 27.7 Å². The molecule has 4 heteroatoms. The van der Waals surface area contributed by atoms with Crippen LogP contribution < -0.4 is 0 Å². The van der Waals surface area contributed by atoms with Crippen molar-refractivity contribution in [2.75, 3.05) is 6.61 Å². The van der Waals surface area contributed by atoms with Gasteiger partial charge in [0, 0.05) is 16.1 Å². The topological polar surface area (TPSA) is 38.7 Å². The maximum atomic E-state index is 11.7. The molecule has 0 spiro atoms. The molecule has 1 aliphatic carbocycles. The highest BCUT2D eigenvalue weighted by molar-refractivity contribution is 9.10. The van der Waals surface area contributed by atoms with Crippen LogP contribution in [0.15, 0.2) is 33.7 Å². The van der Waals surface area contributed by atoms with E-state index in [1.165, 1.54) is 18.4 Å². The summed E-state index contributed by atoms with van der Waals surface area (Å²) in [6.45, 7) is 2.19. The van der Waals surface area contributed by atoms with E-state index >= 15 is 0 Å². The van der Waals surface area contributed by atoms with Crippen LogP contribution in [0, 0.1) is 5.92 Å². The molecule has 1 aromatic rings. The minimum Gasteiger partial charge on any atom is -0.448 e. The summed E-state index contributed by atoms with van der Waals surface area (Å²) in [6.07, 6.45) is 6.04. The lowest BCUT2D eigenvalue weighted by Crippen LogP contribution is -2.18. The molecule has 0 saturated heterocycles. The molecule has 1 unspecified atom stereocenters. The maximum absolute atomic E-state index is 11.7. The lowest BCUT2D eigenvalue weighted by molar-refractivity contribution is 0.163. The van der Waals surface area contributed by atoms with E-state index in [9.17, 15) is 4.79 Å². The molecular weight excluding hydrogens is 330 g/mol. The monoisotopic (exact) mass is 351 g/mol. The van der Waals surface area contributed by atoms with Gasteiger partial charge in [-0.05, 0) is 44.2 Å². The largest absolute Gasteiger partial charge is 0.448 e. The van der Waals surface area contributed by atoms with Crippen molar-refractivity contribution in [2.24, 2.45) is 10.9 Å². The van der Waals surface area contributed by atoms with Crippen molar-refractivity contribution in [1.82, 2.24) is 0 Å². The van der Waals surface area contributed by atoms with Crippen molar-refractivity contribution in [3.63, 3.8) is 0 Å². The number of nitrogens with zero attached hydrogens (tertiary/aromatic N) is 1. The zero-order valence-electron chi connectivity index (χ0n) is 12.5. The normalized spacial score (nSPS) is 21.0. The van der Waals surface area contributed by atoms with Crippen LogP contribution in [-0.4, -0.2) is 18.4 Å². The SMILES string of the molecule is CCOC(=O)N=C1CCCCCC1Cc1ccccc1Br. The summed E-state index contributed by atoms with van der Waals surface area (Å²) in [5.41, 5.74) is 2.29. The first-order valence-electron chi connectivity index (χ1n) is 7.68. The Labute approximate surface area is 134 Å². The molecule has 0 bridgehead atoms. The lowest BCUT2D eigenvalue weighted by Gasteiger charge is -2.17. The molecule has 1 amide bonds. The third-order valence-corrected chi connectivity index (χ3v) is 4.66. The molecule has 3 nitrogen and oxygen atoms in total. The highest BCUT2D eigenvalue weighted by Crippen LogP contribution is 2.27. The maximum Gasteiger partial charge on any atom is 0.433 e. The van der Waals surface area contributed by atoms with Gasteiger partial charge in [-0.25, -0.2) is 4.79 Å². The zero-order chi connectivity index (χ0) is 15.1. The number of rotatable bonds is 3. The van der Waals surface area contributed by atoms with Gasteiger partial charge in [0.1, 0.15) is 0 Å². The molecule has 114 valence electrons. The molecule has 0 aliphatic heterocycles. The fourth-order valence-corrected chi connectivity index (χ4v) is 3.26. The van der Waals surface area contributed by atoms with Gasteiger partial charge >= 0.3 is 6.09 Å². The number of amides is 1. The van der Waals surface area contributed by atoms with Crippen LogP contribution in [-0.2, 0) is 11.2 Å². The second-order valence-corrected chi connectivity index (χ2v) is 6.25. The third kappa shape index (κ3) is 4.95. The number of ether oxygens (including phenoxy) is 1. The summed E-state index contributed by atoms with van der Waals surface area (Å²) in [4.78, 5) is 15.9. The first-order chi connectivity index (χ1) is 10.2. The van der Waals surface area contributed by atoms with Crippen LogP contribution in [0.2, 0.25) is 0 Å². The van der Waals surface area contributed by atoms with Crippen LogP contribution >= 0.6 is 15.9 Å². The highest BCUT2D eigenvalue weighted by Gasteiger charge is 2.21. The molecule has 1 aromatic carbocycles. The molecule has 1 saturated carbocycles. The fraction of sp³-hybridized carbons (Fsp3) is 0.529. The van der Waals surface area contributed by atoms with E-state index in [1.807, 2.05) is 13.0 Å². The average molecular weight is 352 g/mol. The van der Waals surface area contributed by atoms with Crippen molar-refractivity contribution in [3.8, 4) is 0 Å². The van der Waals surface area contributed by atoms with Gasteiger partial charge in [0.15, 0.2) is 0 Å². The van der Waals surface area contributed by atoms with Crippen LogP contribution in [0.5, 0.6) is 0 Å². The molecule has 21 heavy (non-hydrogen) atoms. The number of halogens is 1. The predicted molar refractivity (Wildman–Crippen MR) is 88.9 cm³/mol. The van der Waals surface area contributed by atoms with Gasteiger partial charge in [0.2, 0.25) is 0 Å². The Kier molecular flexibility index (Phi) is 6.43. The predicted octanol–water partition coefficient (Wildman–Crippen LogP) is 5.17. The standard InChI is InChI=1S/C17H22BrNO2/c1-2-21-17(20)19-16-11-5-3-4-9-14(16)12-13-8-6-7-10-15(13)18/h6-8,10,14H,2-5,9,11-12H2,1H3. The highest BCUT2D eigenvalue weighted by atomic mass is 79.9. The van der Waals surface area contributed by atoms with Gasteiger partial charge in [-0.2, -0.15) is 4.99 Å². The summed E-state index contributed by atoms with van der Waals surface area (Å²) < 4.78 is 6.10. The smallest absolute Gasteiger partial charge is 0.433 e. The van der Waals surface area contributed by atoms with Crippen LogP contribution in [0.4, 0.5) is 4.79 Å². The van der Waals surface area contributed by atoms with Crippen molar-refractivity contribution in [1.29, 1.82) is 0 Å². The van der Waals surface area contributed by atoms with Gasteiger partial charge < -0.3 is 4.74 Å². The van der Waals surface area contributed by atoms with E-state index in [2.05, 4.69) is 39.1 Å². The summed E-state index contributed by atoms with van der Waals surface area (Å²) >= 11 is 3.61. The molecular formula is C17H22BrNO2. The fourth-order valence-electron chi connectivity index (χ4n) is 2.81. The summed E-state index contributed by atoms with van der Waals surface area (Å²) in [5, 5.41) is 0. The summed E-state index contributed by atoms with van der Waals surface area (Å²) in [6, 6.07) is 8.28. The Morgan fingerprint density at radius 2 is 2.14 bits per heavy atom. The molecule has 0 N–H and O–H groups in total. The van der Waals surface area contributed by atoms with Crippen molar-refractivity contribution in [3.05, 3.63) is 34.3 Å². The lowest BCUT2D eigenvalue weighted by atomic mass is 9.91. The van der Waals surface area contributed by atoms with E-state index in [0.717, 1.165) is 35.9 Å². The van der Waals surface area contributed by atoms with Crippen molar-refractivity contribution in [2.45, 2.75) is 45.4 Å². The Bertz CT molecular complexity index is 513. The second-order valence-electron chi connectivity index (χ2n) is 5.39. The van der Waals surface area contributed by atoms with E-state index < -0.39 is 6.09 Å². The average Bonchev–Trinajstić information content (AvgIpc) is 2.67. The first kappa shape index (κ1) is 16.2. The Morgan fingerprint density at radius 3 is 2.90 bits per heavy atom. The van der Waals surface area contributed by atoms with Gasteiger partial charge in [0.25, 0.3) is 0 Å². The Morgan fingerprint density at radius 1 is 1.33 bits per heavy atom.